The fourth-order valence-electron chi connectivity index (χ4n) is 5.14. The second-order valence-electron chi connectivity index (χ2n) is 11.1. The van der Waals surface area contributed by atoms with Gasteiger partial charge in [0.25, 0.3) is 5.91 Å². The Labute approximate surface area is 197 Å². The van der Waals surface area contributed by atoms with Crippen molar-refractivity contribution in [1.29, 1.82) is 0 Å². The van der Waals surface area contributed by atoms with E-state index in [1.54, 1.807) is 6.92 Å². The van der Waals surface area contributed by atoms with Gasteiger partial charge in [0.05, 0.1) is 25.9 Å². The molecule has 33 heavy (non-hydrogen) atoms. The molecule has 4 rings (SSSR count). The number of fused-ring (bicyclic) bond motifs is 1. The topological polar surface area (TPSA) is 87.3 Å². The van der Waals surface area contributed by atoms with Crippen LogP contribution in [0.4, 0.5) is 5.82 Å². The van der Waals surface area contributed by atoms with E-state index >= 15 is 0 Å². The number of benzene rings is 1. The number of anilines is 1. The number of amides is 2. The van der Waals surface area contributed by atoms with E-state index in [0.717, 1.165) is 36.1 Å². The van der Waals surface area contributed by atoms with Crippen LogP contribution in [-0.4, -0.2) is 41.1 Å². The highest BCUT2D eigenvalue weighted by molar-refractivity contribution is 6.83. The summed E-state index contributed by atoms with van der Waals surface area (Å²) in [5, 5.41) is 10.4. The van der Waals surface area contributed by atoms with Crippen molar-refractivity contribution >= 4 is 25.7 Å². The van der Waals surface area contributed by atoms with E-state index in [4.69, 9.17) is 4.74 Å². The highest BCUT2D eigenvalue weighted by Crippen LogP contribution is 2.56. The number of hydrogen-bond donors (Lipinski definition) is 2. The van der Waals surface area contributed by atoms with Gasteiger partial charge in [-0.1, -0.05) is 43.8 Å². The molecule has 1 unspecified atom stereocenters. The molecule has 2 aromatic rings. The molecule has 0 saturated heterocycles. The number of H-pyrrole nitrogens is 1. The zero-order valence-corrected chi connectivity index (χ0v) is 21.8. The van der Waals surface area contributed by atoms with Crippen LogP contribution in [0.3, 0.4) is 0 Å². The molecule has 1 fully saturated rings. The molecule has 1 aromatic carbocycles. The Balaban J connectivity index is 1.51. The average Bonchev–Trinajstić information content (AvgIpc) is 3.19. The van der Waals surface area contributed by atoms with Crippen LogP contribution in [0, 0.1) is 6.92 Å². The fourth-order valence-corrected chi connectivity index (χ4v) is 7.74. The number of aromatic amines is 1. The number of nitrogens with zero attached hydrogens (tertiary/aromatic N) is 2. The molecule has 8 heteroatoms. The van der Waals surface area contributed by atoms with Crippen LogP contribution in [0.15, 0.2) is 24.3 Å². The SMILES string of the molecule is Cc1ccc(OC(C)C(=O)N2Cc3c(NC(=O)C4([Si](C)(C)C)CCC4)n[nH]c3C2(C)C)cc1. The standard InChI is InChI=1S/C25H36N4O3Si/c1-16-9-11-18(12-10-16)32-17(2)22(30)29-15-19-20(24(29,3)4)27-28-21(19)26-23(31)25(13-8-14-25)33(5,6)7/h9-12,17H,8,13-15H2,1-7H3,(H2,26,27,28,31). The highest BCUT2D eigenvalue weighted by atomic mass is 28.3. The van der Waals surface area contributed by atoms with E-state index in [1.807, 2.05) is 49.9 Å². The lowest BCUT2D eigenvalue weighted by atomic mass is 9.83. The predicted molar refractivity (Wildman–Crippen MR) is 132 cm³/mol. The molecule has 0 bridgehead atoms. The quantitative estimate of drug-likeness (QED) is 0.586. The van der Waals surface area contributed by atoms with Crippen molar-refractivity contribution in [3.8, 4) is 5.75 Å². The van der Waals surface area contributed by atoms with Crippen LogP contribution in [0.2, 0.25) is 24.7 Å². The van der Waals surface area contributed by atoms with E-state index in [9.17, 15) is 9.59 Å². The molecule has 1 aromatic heterocycles. The number of aryl methyl sites for hydroxylation is 1. The first-order chi connectivity index (χ1) is 15.4. The van der Waals surface area contributed by atoms with Gasteiger partial charge in [0.15, 0.2) is 11.9 Å². The van der Waals surface area contributed by atoms with Crippen molar-refractivity contribution in [2.24, 2.45) is 0 Å². The van der Waals surface area contributed by atoms with Crippen molar-refractivity contribution in [3.63, 3.8) is 0 Å². The summed E-state index contributed by atoms with van der Waals surface area (Å²) < 4.78 is 5.93. The van der Waals surface area contributed by atoms with Crippen LogP contribution in [0.5, 0.6) is 5.75 Å². The first kappa shape index (κ1) is 23.5. The largest absolute Gasteiger partial charge is 0.481 e. The van der Waals surface area contributed by atoms with Crippen molar-refractivity contribution in [3.05, 3.63) is 41.1 Å². The van der Waals surface area contributed by atoms with E-state index in [0.29, 0.717) is 18.1 Å². The van der Waals surface area contributed by atoms with E-state index in [2.05, 4.69) is 35.2 Å². The van der Waals surface area contributed by atoms with Gasteiger partial charge in [-0.15, -0.1) is 0 Å². The summed E-state index contributed by atoms with van der Waals surface area (Å²) in [6, 6.07) is 7.69. The molecule has 0 radical (unpaired) electrons. The summed E-state index contributed by atoms with van der Waals surface area (Å²) in [5.41, 5.74) is 2.30. The maximum atomic E-state index is 13.4. The smallest absolute Gasteiger partial charge is 0.264 e. The van der Waals surface area contributed by atoms with Gasteiger partial charge < -0.3 is 15.0 Å². The Morgan fingerprint density at radius 3 is 2.36 bits per heavy atom. The molecule has 2 heterocycles. The third kappa shape index (κ3) is 3.88. The number of carbonyl (C=O) groups excluding carboxylic acids is 2. The van der Waals surface area contributed by atoms with Crippen LogP contribution >= 0.6 is 0 Å². The minimum absolute atomic E-state index is 0.0841. The van der Waals surface area contributed by atoms with Crippen molar-refractivity contribution in [2.45, 2.75) is 89.8 Å². The Kier molecular flexibility index (Phi) is 5.71. The molecule has 1 aliphatic carbocycles. The molecule has 2 amide bonds. The Morgan fingerprint density at radius 1 is 1.18 bits per heavy atom. The van der Waals surface area contributed by atoms with Gasteiger partial charge in [-0.25, -0.2) is 0 Å². The van der Waals surface area contributed by atoms with Gasteiger partial charge in [-0.3, -0.25) is 14.7 Å². The number of nitrogens with one attached hydrogen (secondary N) is 2. The van der Waals surface area contributed by atoms with Crippen molar-refractivity contribution in [2.75, 3.05) is 5.32 Å². The van der Waals surface area contributed by atoms with Gasteiger partial charge in [-0.2, -0.15) is 5.10 Å². The number of hydrogen-bond acceptors (Lipinski definition) is 4. The molecule has 1 aliphatic heterocycles. The molecule has 2 aliphatic rings. The lowest BCUT2D eigenvalue weighted by Gasteiger charge is -2.48. The lowest BCUT2D eigenvalue weighted by molar-refractivity contribution is -0.143. The third-order valence-corrected chi connectivity index (χ3v) is 11.3. The minimum atomic E-state index is -1.69. The molecular formula is C25H36N4O3Si. The molecule has 1 atom stereocenters. The Hall–Kier alpha value is -2.61. The highest BCUT2D eigenvalue weighted by Gasteiger charge is 2.54. The first-order valence-corrected chi connectivity index (χ1v) is 15.3. The summed E-state index contributed by atoms with van der Waals surface area (Å²) in [6.45, 7) is 15.0. The van der Waals surface area contributed by atoms with Gasteiger partial charge >= 0.3 is 0 Å². The second kappa shape index (κ2) is 8.01. The average molecular weight is 469 g/mol. The molecule has 1 saturated carbocycles. The molecular weight excluding hydrogens is 432 g/mol. The van der Waals surface area contributed by atoms with Gasteiger partial charge in [0.2, 0.25) is 5.91 Å². The van der Waals surface area contributed by atoms with E-state index in [-0.39, 0.29) is 16.9 Å². The van der Waals surface area contributed by atoms with Crippen LogP contribution in [0.1, 0.15) is 56.9 Å². The lowest BCUT2D eigenvalue weighted by Crippen LogP contribution is -2.52. The number of carbonyl (C=O) groups is 2. The number of ether oxygens (including phenoxy) is 1. The van der Waals surface area contributed by atoms with Gasteiger partial charge in [0, 0.05) is 10.6 Å². The molecule has 7 nitrogen and oxygen atoms in total. The van der Waals surface area contributed by atoms with Crippen LogP contribution in [-0.2, 0) is 21.7 Å². The maximum Gasteiger partial charge on any atom is 0.264 e. The normalized spacial score (nSPS) is 19.4. The summed E-state index contributed by atoms with van der Waals surface area (Å²) in [7, 11) is -1.69. The summed E-state index contributed by atoms with van der Waals surface area (Å²) in [5.74, 6) is 1.21. The molecule has 0 spiro atoms. The molecule has 2 N–H and O–H groups in total. The zero-order valence-electron chi connectivity index (χ0n) is 20.8. The zero-order chi connectivity index (χ0) is 24.2. The minimum Gasteiger partial charge on any atom is -0.481 e. The van der Waals surface area contributed by atoms with Gasteiger partial charge in [-0.05, 0) is 52.7 Å². The van der Waals surface area contributed by atoms with E-state index < -0.39 is 19.7 Å². The van der Waals surface area contributed by atoms with E-state index in [1.165, 1.54) is 0 Å². The fraction of sp³-hybridized carbons (Fsp3) is 0.560. The van der Waals surface area contributed by atoms with Gasteiger partial charge in [0.1, 0.15) is 5.75 Å². The number of rotatable bonds is 6. The summed E-state index contributed by atoms with van der Waals surface area (Å²) >= 11 is 0. The predicted octanol–water partition coefficient (Wildman–Crippen LogP) is 4.96. The monoisotopic (exact) mass is 468 g/mol. The molecule has 178 valence electrons. The van der Waals surface area contributed by atoms with Crippen LogP contribution < -0.4 is 10.1 Å². The second-order valence-corrected chi connectivity index (χ2v) is 16.6. The Morgan fingerprint density at radius 2 is 1.82 bits per heavy atom. The summed E-state index contributed by atoms with van der Waals surface area (Å²) in [4.78, 5) is 28.5. The summed E-state index contributed by atoms with van der Waals surface area (Å²) in [6.07, 6.45) is 2.37. The number of aromatic nitrogens is 2. The van der Waals surface area contributed by atoms with Crippen molar-refractivity contribution in [1.82, 2.24) is 15.1 Å². The maximum absolute atomic E-state index is 13.4. The van der Waals surface area contributed by atoms with Crippen LogP contribution in [0.25, 0.3) is 0 Å². The Bertz CT molecular complexity index is 1060. The van der Waals surface area contributed by atoms with Crippen molar-refractivity contribution < 1.29 is 14.3 Å². The first-order valence-electron chi connectivity index (χ1n) is 11.8. The third-order valence-electron chi connectivity index (χ3n) is 7.73.